The number of methoxy groups -OCH3 is 1. The van der Waals surface area contributed by atoms with Gasteiger partial charge >= 0.3 is 0 Å². The van der Waals surface area contributed by atoms with Crippen molar-refractivity contribution in [2.24, 2.45) is 5.41 Å². The van der Waals surface area contributed by atoms with Gasteiger partial charge in [0, 0.05) is 13.6 Å². The molecule has 0 saturated carbocycles. The Morgan fingerprint density at radius 1 is 1.16 bits per heavy atom. The van der Waals surface area contributed by atoms with Gasteiger partial charge in [0.25, 0.3) is 0 Å². The number of carbonyl (C=O) groups excluding carboxylic acids is 2. The molecule has 0 atom stereocenters. The maximum Gasteiger partial charge on any atom is 0.237 e. The topological polar surface area (TPSA) is 67.9 Å². The molecule has 0 bridgehead atoms. The van der Waals surface area contributed by atoms with Crippen molar-refractivity contribution in [1.82, 2.24) is 10.2 Å². The zero-order chi connectivity index (χ0) is 18.9. The summed E-state index contributed by atoms with van der Waals surface area (Å²) < 4.78 is 10.6. The minimum absolute atomic E-state index is 0.172. The van der Waals surface area contributed by atoms with Gasteiger partial charge in [0.2, 0.25) is 11.8 Å². The van der Waals surface area contributed by atoms with Gasteiger partial charge in [-0.1, -0.05) is 13.3 Å². The fourth-order valence-corrected chi connectivity index (χ4v) is 2.30. The van der Waals surface area contributed by atoms with Crippen molar-refractivity contribution in [2.45, 2.75) is 33.6 Å². The highest BCUT2D eigenvalue weighted by molar-refractivity contribution is 6.04. The summed E-state index contributed by atoms with van der Waals surface area (Å²) in [5.74, 6) is 0.992. The zero-order valence-electron chi connectivity index (χ0n) is 15.9. The van der Waals surface area contributed by atoms with Crippen LogP contribution in [0.3, 0.4) is 0 Å². The van der Waals surface area contributed by atoms with Gasteiger partial charge < -0.3 is 19.7 Å². The minimum atomic E-state index is -1.09. The van der Waals surface area contributed by atoms with E-state index >= 15 is 0 Å². The van der Waals surface area contributed by atoms with Crippen molar-refractivity contribution in [1.29, 1.82) is 0 Å². The molecule has 0 aromatic heterocycles. The highest BCUT2D eigenvalue weighted by atomic mass is 16.5. The molecule has 1 rings (SSSR count). The second-order valence-electron chi connectivity index (χ2n) is 6.49. The van der Waals surface area contributed by atoms with Gasteiger partial charge in [0.1, 0.15) is 23.5 Å². The number of unbranched alkanes of at least 4 members (excludes halogenated alkanes) is 1. The molecule has 0 aliphatic rings. The van der Waals surface area contributed by atoms with Crippen molar-refractivity contribution >= 4 is 11.8 Å². The first-order valence-electron chi connectivity index (χ1n) is 8.63. The maximum absolute atomic E-state index is 12.4. The van der Waals surface area contributed by atoms with E-state index in [1.54, 1.807) is 45.0 Å². The summed E-state index contributed by atoms with van der Waals surface area (Å²) in [5, 5.41) is 2.77. The molecule has 1 aromatic rings. The van der Waals surface area contributed by atoms with Crippen molar-refractivity contribution in [3.8, 4) is 11.5 Å². The van der Waals surface area contributed by atoms with Crippen LogP contribution in [0, 0.1) is 5.41 Å². The lowest BCUT2D eigenvalue weighted by Gasteiger charge is -2.28. The second kappa shape index (κ2) is 9.91. The number of carbonyl (C=O) groups is 2. The number of hydrogen-bond donors (Lipinski definition) is 1. The summed E-state index contributed by atoms with van der Waals surface area (Å²) in [5.41, 5.74) is -1.09. The average molecular weight is 350 g/mol. The van der Waals surface area contributed by atoms with Gasteiger partial charge in [-0.15, -0.1) is 0 Å². The van der Waals surface area contributed by atoms with Gasteiger partial charge in [-0.3, -0.25) is 9.59 Å². The summed E-state index contributed by atoms with van der Waals surface area (Å²) in [7, 11) is 3.34. The predicted octanol–water partition coefficient (Wildman–Crippen LogP) is 2.47. The summed E-state index contributed by atoms with van der Waals surface area (Å²) >= 11 is 0. The molecule has 0 fully saturated rings. The molecule has 0 spiro atoms. The average Bonchev–Trinajstić information content (AvgIpc) is 2.62. The van der Waals surface area contributed by atoms with Crippen molar-refractivity contribution < 1.29 is 19.1 Å². The smallest absolute Gasteiger partial charge is 0.237 e. The molecule has 0 unspecified atom stereocenters. The summed E-state index contributed by atoms with van der Waals surface area (Å²) in [6.45, 7) is 6.69. The molecule has 25 heavy (non-hydrogen) atoms. The van der Waals surface area contributed by atoms with Crippen LogP contribution in [-0.2, 0) is 9.59 Å². The fraction of sp³-hybridized carbons (Fsp3) is 0.579. The minimum Gasteiger partial charge on any atom is -0.497 e. The van der Waals surface area contributed by atoms with E-state index in [2.05, 4.69) is 12.2 Å². The lowest BCUT2D eigenvalue weighted by Crippen LogP contribution is -2.49. The molecular weight excluding hydrogens is 320 g/mol. The number of nitrogens with one attached hydrogen (secondary N) is 1. The van der Waals surface area contributed by atoms with Crippen molar-refractivity contribution in [3.05, 3.63) is 24.3 Å². The second-order valence-corrected chi connectivity index (χ2v) is 6.49. The number of nitrogens with zero attached hydrogens (tertiary/aromatic N) is 1. The van der Waals surface area contributed by atoms with Gasteiger partial charge in [-0.05, 0) is 44.5 Å². The van der Waals surface area contributed by atoms with Gasteiger partial charge in [0.05, 0.1) is 13.7 Å². The van der Waals surface area contributed by atoms with Crippen LogP contribution < -0.4 is 14.8 Å². The Labute approximate surface area is 150 Å². The van der Waals surface area contributed by atoms with Gasteiger partial charge in [-0.25, -0.2) is 0 Å². The Hall–Kier alpha value is -2.24. The standard InChI is InChI=1S/C19H30N2O4/c1-6-7-13-21(4)18(23)19(2,3)17(22)20-12-14-25-16-10-8-15(24-5)9-11-16/h8-11H,6-7,12-14H2,1-5H3,(H,20,22). The molecule has 0 heterocycles. The molecule has 2 amide bonds. The highest BCUT2D eigenvalue weighted by Gasteiger charge is 2.37. The van der Waals surface area contributed by atoms with Crippen LogP contribution in [-0.4, -0.2) is 50.6 Å². The lowest BCUT2D eigenvalue weighted by atomic mass is 9.90. The molecule has 0 saturated heterocycles. The quantitative estimate of drug-likeness (QED) is 0.520. The predicted molar refractivity (Wildman–Crippen MR) is 97.8 cm³/mol. The van der Waals surface area contributed by atoms with E-state index in [0.717, 1.165) is 18.6 Å². The molecule has 6 nitrogen and oxygen atoms in total. The first kappa shape index (κ1) is 20.8. The molecule has 1 aromatic carbocycles. The lowest BCUT2D eigenvalue weighted by molar-refractivity contribution is -0.147. The SMILES string of the molecule is CCCCN(C)C(=O)C(C)(C)C(=O)NCCOc1ccc(OC)cc1. The third-order valence-electron chi connectivity index (χ3n) is 4.01. The van der Waals surface area contributed by atoms with E-state index < -0.39 is 5.41 Å². The zero-order valence-corrected chi connectivity index (χ0v) is 15.9. The molecular formula is C19H30N2O4. The molecule has 0 radical (unpaired) electrons. The van der Waals surface area contributed by atoms with Crippen LogP contribution in [0.1, 0.15) is 33.6 Å². The summed E-state index contributed by atoms with van der Waals surface area (Å²) in [6, 6.07) is 7.22. The van der Waals surface area contributed by atoms with E-state index in [-0.39, 0.29) is 11.8 Å². The number of rotatable bonds is 10. The van der Waals surface area contributed by atoms with E-state index in [4.69, 9.17) is 9.47 Å². The summed E-state index contributed by atoms with van der Waals surface area (Å²) in [4.78, 5) is 26.4. The maximum atomic E-state index is 12.4. The van der Waals surface area contributed by atoms with E-state index in [1.165, 1.54) is 0 Å². The molecule has 1 N–H and O–H groups in total. The van der Waals surface area contributed by atoms with Crippen LogP contribution in [0.25, 0.3) is 0 Å². The Balaban J connectivity index is 2.42. The fourth-order valence-electron chi connectivity index (χ4n) is 2.30. The number of benzene rings is 1. The largest absolute Gasteiger partial charge is 0.497 e. The third-order valence-corrected chi connectivity index (χ3v) is 4.01. The molecule has 0 aliphatic carbocycles. The Bertz CT molecular complexity index is 555. The van der Waals surface area contributed by atoms with Crippen LogP contribution in [0.15, 0.2) is 24.3 Å². The van der Waals surface area contributed by atoms with Crippen molar-refractivity contribution in [2.75, 3.05) is 33.9 Å². The van der Waals surface area contributed by atoms with Gasteiger partial charge in [0.15, 0.2) is 0 Å². The summed E-state index contributed by atoms with van der Waals surface area (Å²) in [6.07, 6.45) is 1.93. The Kier molecular flexibility index (Phi) is 8.25. The number of hydrogen-bond acceptors (Lipinski definition) is 4. The van der Waals surface area contributed by atoms with E-state index in [1.807, 2.05) is 12.1 Å². The highest BCUT2D eigenvalue weighted by Crippen LogP contribution is 2.19. The van der Waals surface area contributed by atoms with Crippen LogP contribution in [0.2, 0.25) is 0 Å². The normalized spacial score (nSPS) is 10.9. The van der Waals surface area contributed by atoms with Crippen LogP contribution >= 0.6 is 0 Å². The van der Waals surface area contributed by atoms with E-state index in [0.29, 0.717) is 25.4 Å². The van der Waals surface area contributed by atoms with Crippen LogP contribution in [0.5, 0.6) is 11.5 Å². The van der Waals surface area contributed by atoms with Gasteiger partial charge in [-0.2, -0.15) is 0 Å². The third kappa shape index (κ3) is 6.29. The molecule has 0 aliphatic heterocycles. The Morgan fingerprint density at radius 3 is 2.32 bits per heavy atom. The number of ether oxygens (including phenoxy) is 2. The monoisotopic (exact) mass is 350 g/mol. The van der Waals surface area contributed by atoms with E-state index in [9.17, 15) is 9.59 Å². The molecule has 140 valence electrons. The van der Waals surface area contributed by atoms with Crippen molar-refractivity contribution in [3.63, 3.8) is 0 Å². The molecule has 6 heteroatoms. The van der Waals surface area contributed by atoms with Crippen LogP contribution in [0.4, 0.5) is 0 Å². The number of amides is 2. The Morgan fingerprint density at radius 2 is 1.76 bits per heavy atom. The first-order chi connectivity index (χ1) is 11.8. The first-order valence-corrected chi connectivity index (χ1v) is 8.63.